The number of rotatable bonds is 2. The summed E-state index contributed by atoms with van der Waals surface area (Å²) < 4.78 is 2.97. The van der Waals surface area contributed by atoms with Crippen molar-refractivity contribution in [1.82, 2.24) is 9.47 Å². The topological polar surface area (TPSA) is 25.2 Å². The summed E-state index contributed by atoms with van der Waals surface area (Å²) in [5.74, 6) is 0.0978. The molecular weight excluding hydrogens is 316 g/mol. The van der Waals surface area contributed by atoms with Crippen molar-refractivity contribution in [2.45, 2.75) is 33.0 Å². The predicted octanol–water partition coefficient (Wildman–Crippen LogP) is 3.99. The smallest absolute Gasteiger partial charge is 0.271 e. The van der Waals surface area contributed by atoms with Gasteiger partial charge in [0.05, 0.1) is 0 Å². The minimum atomic E-state index is 0.0978. The number of fused-ring (bicyclic) bond motifs is 1. The molecule has 0 atom stereocenters. The lowest BCUT2D eigenvalue weighted by molar-refractivity contribution is 0.0739. The molecule has 0 aliphatic carbocycles. The maximum atomic E-state index is 12.7. The molecule has 3 nitrogen and oxygen atoms in total. The van der Waals surface area contributed by atoms with Gasteiger partial charge in [0, 0.05) is 29.8 Å². The minimum absolute atomic E-state index is 0.0978. The van der Waals surface area contributed by atoms with Crippen molar-refractivity contribution in [2.75, 3.05) is 0 Å². The van der Waals surface area contributed by atoms with Gasteiger partial charge in [-0.1, -0.05) is 24.3 Å². The van der Waals surface area contributed by atoms with Crippen molar-refractivity contribution < 1.29 is 4.79 Å². The molecule has 0 radical (unpaired) electrons. The van der Waals surface area contributed by atoms with E-state index in [1.165, 1.54) is 11.1 Å². The van der Waals surface area contributed by atoms with Crippen molar-refractivity contribution in [3.8, 4) is 0 Å². The molecule has 0 N–H and O–H groups in total. The normalized spacial score (nSPS) is 13.9. The van der Waals surface area contributed by atoms with Crippen molar-refractivity contribution in [2.24, 2.45) is 0 Å². The van der Waals surface area contributed by atoms with E-state index in [0.717, 1.165) is 10.2 Å². The molecule has 1 aromatic heterocycles. The molecule has 1 aliphatic rings. The van der Waals surface area contributed by atoms with Crippen LogP contribution >= 0.6 is 15.9 Å². The highest BCUT2D eigenvalue weighted by molar-refractivity contribution is 9.10. The van der Waals surface area contributed by atoms with Gasteiger partial charge in [-0.15, -0.1) is 0 Å². The van der Waals surface area contributed by atoms with Crippen LogP contribution in [0.25, 0.3) is 0 Å². The fraction of sp³-hybridized carbons (Fsp3) is 0.312. The van der Waals surface area contributed by atoms with Crippen LogP contribution in [0.1, 0.15) is 41.5 Å². The Morgan fingerprint density at radius 2 is 1.80 bits per heavy atom. The van der Waals surface area contributed by atoms with Gasteiger partial charge in [0.1, 0.15) is 5.69 Å². The van der Waals surface area contributed by atoms with Crippen molar-refractivity contribution in [3.05, 3.63) is 57.8 Å². The quantitative estimate of drug-likeness (QED) is 0.816. The SMILES string of the molecule is CC(C)n1cc(Br)cc1C(=O)N1Cc2ccccc2C1. The largest absolute Gasteiger partial charge is 0.340 e. The number of aromatic nitrogens is 1. The van der Waals surface area contributed by atoms with Crippen LogP contribution in [0, 0.1) is 0 Å². The molecule has 0 spiro atoms. The third-order valence-electron chi connectivity index (χ3n) is 3.72. The zero-order chi connectivity index (χ0) is 14.3. The van der Waals surface area contributed by atoms with Crippen LogP contribution in [-0.4, -0.2) is 15.4 Å². The van der Waals surface area contributed by atoms with Crippen molar-refractivity contribution >= 4 is 21.8 Å². The molecule has 20 heavy (non-hydrogen) atoms. The molecule has 0 unspecified atom stereocenters. The van der Waals surface area contributed by atoms with E-state index in [-0.39, 0.29) is 11.9 Å². The van der Waals surface area contributed by atoms with Gasteiger partial charge in [0.2, 0.25) is 0 Å². The van der Waals surface area contributed by atoms with E-state index in [1.807, 2.05) is 33.9 Å². The Balaban J connectivity index is 1.88. The first kappa shape index (κ1) is 13.4. The summed E-state index contributed by atoms with van der Waals surface area (Å²) >= 11 is 3.46. The van der Waals surface area contributed by atoms with Gasteiger partial charge in [-0.25, -0.2) is 0 Å². The first-order valence-electron chi connectivity index (χ1n) is 6.79. The lowest BCUT2D eigenvalue weighted by Gasteiger charge is -2.18. The van der Waals surface area contributed by atoms with Gasteiger partial charge >= 0.3 is 0 Å². The second-order valence-electron chi connectivity index (χ2n) is 5.47. The number of hydrogen-bond acceptors (Lipinski definition) is 1. The average Bonchev–Trinajstić information content (AvgIpc) is 3.01. The van der Waals surface area contributed by atoms with E-state index in [0.29, 0.717) is 13.1 Å². The Bertz CT molecular complexity index is 635. The molecule has 4 heteroatoms. The van der Waals surface area contributed by atoms with Gasteiger partial charge in [-0.05, 0) is 47.0 Å². The van der Waals surface area contributed by atoms with Crippen molar-refractivity contribution in [3.63, 3.8) is 0 Å². The summed E-state index contributed by atoms with van der Waals surface area (Å²) in [5, 5.41) is 0. The third kappa shape index (κ3) is 2.29. The van der Waals surface area contributed by atoms with Crippen LogP contribution in [0.4, 0.5) is 0 Å². The molecule has 0 bridgehead atoms. The maximum Gasteiger partial charge on any atom is 0.271 e. The second kappa shape index (κ2) is 5.09. The Hall–Kier alpha value is -1.55. The summed E-state index contributed by atoms with van der Waals surface area (Å²) in [5.41, 5.74) is 3.25. The molecule has 1 aromatic carbocycles. The molecule has 104 valence electrons. The molecular formula is C16H17BrN2O. The predicted molar refractivity (Wildman–Crippen MR) is 82.5 cm³/mol. The Labute approximate surface area is 127 Å². The number of halogens is 1. The number of benzene rings is 1. The third-order valence-corrected chi connectivity index (χ3v) is 4.15. The zero-order valence-corrected chi connectivity index (χ0v) is 13.2. The second-order valence-corrected chi connectivity index (χ2v) is 6.39. The van der Waals surface area contributed by atoms with E-state index in [4.69, 9.17) is 0 Å². The van der Waals surface area contributed by atoms with Gasteiger partial charge < -0.3 is 9.47 Å². The Morgan fingerprint density at radius 1 is 1.20 bits per heavy atom. The fourth-order valence-corrected chi connectivity index (χ4v) is 3.12. The number of hydrogen-bond donors (Lipinski definition) is 0. The van der Waals surface area contributed by atoms with Crippen LogP contribution in [0.15, 0.2) is 41.0 Å². The first-order chi connectivity index (χ1) is 9.56. The molecule has 2 aromatic rings. The van der Waals surface area contributed by atoms with Gasteiger partial charge in [0.25, 0.3) is 5.91 Å². The number of amides is 1. The van der Waals surface area contributed by atoms with Crippen LogP contribution in [0.5, 0.6) is 0 Å². The monoisotopic (exact) mass is 332 g/mol. The van der Waals surface area contributed by atoms with Crippen LogP contribution in [0.2, 0.25) is 0 Å². The summed E-state index contributed by atoms with van der Waals surface area (Å²) in [6, 6.07) is 10.4. The van der Waals surface area contributed by atoms with Crippen LogP contribution in [0.3, 0.4) is 0 Å². The standard InChI is InChI=1S/C16H17BrN2O/c1-11(2)19-10-14(17)7-15(19)16(20)18-8-12-5-3-4-6-13(12)9-18/h3-7,10-11H,8-9H2,1-2H3. The first-order valence-corrected chi connectivity index (χ1v) is 7.59. The average molecular weight is 333 g/mol. The summed E-state index contributed by atoms with van der Waals surface area (Å²) in [4.78, 5) is 14.6. The van der Waals surface area contributed by atoms with Gasteiger partial charge in [-0.2, -0.15) is 0 Å². The van der Waals surface area contributed by atoms with E-state index < -0.39 is 0 Å². The Morgan fingerprint density at radius 3 is 2.35 bits per heavy atom. The zero-order valence-electron chi connectivity index (χ0n) is 11.6. The lowest BCUT2D eigenvalue weighted by atomic mass is 10.1. The van der Waals surface area contributed by atoms with E-state index in [1.54, 1.807) is 0 Å². The molecule has 2 heterocycles. The molecule has 1 aliphatic heterocycles. The highest BCUT2D eigenvalue weighted by atomic mass is 79.9. The fourth-order valence-electron chi connectivity index (χ4n) is 2.68. The molecule has 3 rings (SSSR count). The van der Waals surface area contributed by atoms with E-state index >= 15 is 0 Å². The number of carbonyl (C=O) groups excluding carboxylic acids is 1. The van der Waals surface area contributed by atoms with Gasteiger partial charge in [-0.3, -0.25) is 4.79 Å². The molecule has 0 fully saturated rings. The highest BCUT2D eigenvalue weighted by Crippen LogP contribution is 2.26. The van der Waals surface area contributed by atoms with E-state index in [9.17, 15) is 4.79 Å². The lowest BCUT2D eigenvalue weighted by Crippen LogP contribution is -2.27. The van der Waals surface area contributed by atoms with Crippen LogP contribution in [-0.2, 0) is 13.1 Å². The minimum Gasteiger partial charge on any atom is -0.340 e. The van der Waals surface area contributed by atoms with E-state index in [2.05, 4.69) is 41.9 Å². The number of carbonyl (C=O) groups is 1. The van der Waals surface area contributed by atoms with Crippen molar-refractivity contribution in [1.29, 1.82) is 0 Å². The maximum absolute atomic E-state index is 12.7. The Kier molecular flexibility index (Phi) is 3.42. The highest BCUT2D eigenvalue weighted by Gasteiger charge is 2.26. The van der Waals surface area contributed by atoms with Crippen LogP contribution < -0.4 is 0 Å². The summed E-state index contributed by atoms with van der Waals surface area (Å²) in [6.45, 7) is 5.58. The molecule has 1 amide bonds. The summed E-state index contributed by atoms with van der Waals surface area (Å²) in [7, 11) is 0. The molecule has 0 saturated heterocycles. The summed E-state index contributed by atoms with van der Waals surface area (Å²) in [6.07, 6.45) is 1.97. The molecule has 0 saturated carbocycles. The number of nitrogens with zero attached hydrogens (tertiary/aromatic N) is 2. The van der Waals surface area contributed by atoms with Gasteiger partial charge in [0.15, 0.2) is 0 Å².